The molecule has 0 unspecified atom stereocenters. The first-order chi connectivity index (χ1) is 12.7. The third-order valence-corrected chi connectivity index (χ3v) is 3.94. The van der Waals surface area contributed by atoms with Gasteiger partial charge in [-0.1, -0.05) is 12.1 Å². The Morgan fingerprint density at radius 1 is 0.885 bits per heavy atom. The van der Waals surface area contributed by atoms with E-state index in [-0.39, 0.29) is 0 Å². The van der Waals surface area contributed by atoms with E-state index in [1.54, 1.807) is 19.5 Å². The van der Waals surface area contributed by atoms with Gasteiger partial charge in [0.15, 0.2) is 0 Å². The summed E-state index contributed by atoms with van der Waals surface area (Å²) in [5.74, 6) is 3.24. The number of anilines is 2. The van der Waals surface area contributed by atoms with Crippen molar-refractivity contribution >= 4 is 11.6 Å². The monoisotopic (exact) mass is 349 g/mol. The van der Waals surface area contributed by atoms with Gasteiger partial charge in [-0.3, -0.25) is 4.98 Å². The minimum Gasteiger partial charge on any atom is -0.497 e. The van der Waals surface area contributed by atoms with E-state index in [0.29, 0.717) is 6.54 Å². The Kier molecular flexibility index (Phi) is 5.98. The highest BCUT2D eigenvalue weighted by Crippen LogP contribution is 2.14. The summed E-state index contributed by atoms with van der Waals surface area (Å²) in [7, 11) is 1.67. The highest BCUT2D eigenvalue weighted by atomic mass is 16.5. The van der Waals surface area contributed by atoms with Crippen LogP contribution in [-0.2, 0) is 13.0 Å². The van der Waals surface area contributed by atoms with Gasteiger partial charge >= 0.3 is 0 Å². The van der Waals surface area contributed by atoms with Crippen LogP contribution in [0.25, 0.3) is 0 Å². The Bertz CT molecular complexity index is 821. The van der Waals surface area contributed by atoms with Crippen molar-refractivity contribution < 1.29 is 4.74 Å². The van der Waals surface area contributed by atoms with Crippen LogP contribution in [0, 0.1) is 6.92 Å². The predicted octanol–water partition coefficient (Wildman–Crippen LogP) is 3.46. The van der Waals surface area contributed by atoms with Gasteiger partial charge in [0.1, 0.15) is 23.2 Å². The predicted molar refractivity (Wildman–Crippen MR) is 104 cm³/mol. The lowest BCUT2D eigenvalue weighted by atomic mass is 10.1. The maximum atomic E-state index is 5.18. The molecule has 134 valence electrons. The molecule has 26 heavy (non-hydrogen) atoms. The number of nitrogens with one attached hydrogen (secondary N) is 2. The zero-order valence-corrected chi connectivity index (χ0v) is 15.1. The Balaban J connectivity index is 1.54. The summed E-state index contributed by atoms with van der Waals surface area (Å²) in [5.41, 5.74) is 2.41. The Hall–Kier alpha value is -3.15. The van der Waals surface area contributed by atoms with Crippen LogP contribution in [0.15, 0.2) is 54.9 Å². The molecule has 3 aromatic rings. The average molecular weight is 349 g/mol. The topological polar surface area (TPSA) is 72.0 Å². The van der Waals surface area contributed by atoms with Crippen molar-refractivity contribution in [3.8, 4) is 5.75 Å². The Morgan fingerprint density at radius 2 is 1.58 bits per heavy atom. The van der Waals surface area contributed by atoms with E-state index in [2.05, 4.69) is 37.7 Å². The molecule has 2 heterocycles. The lowest BCUT2D eigenvalue weighted by Gasteiger charge is -2.10. The van der Waals surface area contributed by atoms with Crippen LogP contribution in [0.5, 0.6) is 5.75 Å². The first-order valence-electron chi connectivity index (χ1n) is 8.58. The molecule has 0 bridgehead atoms. The van der Waals surface area contributed by atoms with Gasteiger partial charge in [-0.15, -0.1) is 0 Å². The highest BCUT2D eigenvalue weighted by molar-refractivity contribution is 5.48. The molecule has 2 aromatic heterocycles. The van der Waals surface area contributed by atoms with Gasteiger partial charge in [0.2, 0.25) is 0 Å². The molecule has 0 saturated heterocycles. The molecule has 3 rings (SSSR count). The van der Waals surface area contributed by atoms with Crippen LogP contribution >= 0.6 is 0 Å². The molecule has 6 nitrogen and oxygen atoms in total. The number of hydrogen-bond donors (Lipinski definition) is 2. The molecule has 0 amide bonds. The fraction of sp³-hybridized carbons (Fsp3) is 0.250. The van der Waals surface area contributed by atoms with Gasteiger partial charge in [0, 0.05) is 31.5 Å². The fourth-order valence-electron chi connectivity index (χ4n) is 2.57. The number of hydrogen-bond acceptors (Lipinski definition) is 6. The molecule has 0 spiro atoms. The number of nitrogens with zero attached hydrogens (tertiary/aromatic N) is 3. The third-order valence-electron chi connectivity index (χ3n) is 3.94. The first-order valence-corrected chi connectivity index (χ1v) is 8.58. The summed E-state index contributed by atoms with van der Waals surface area (Å²) in [6, 6.07) is 14.0. The molecule has 0 aliphatic rings. The van der Waals surface area contributed by atoms with E-state index < -0.39 is 0 Å². The quantitative estimate of drug-likeness (QED) is 0.649. The molecule has 0 fully saturated rings. The Morgan fingerprint density at radius 3 is 2.27 bits per heavy atom. The van der Waals surface area contributed by atoms with Crippen molar-refractivity contribution in [3.63, 3.8) is 0 Å². The van der Waals surface area contributed by atoms with Crippen molar-refractivity contribution in [3.05, 3.63) is 71.8 Å². The van der Waals surface area contributed by atoms with Crippen molar-refractivity contribution in [2.75, 3.05) is 24.3 Å². The lowest BCUT2D eigenvalue weighted by Crippen LogP contribution is -2.09. The molecule has 0 radical (unpaired) electrons. The molecule has 0 aliphatic heterocycles. The minimum atomic E-state index is 0.699. The first kappa shape index (κ1) is 17.7. The summed E-state index contributed by atoms with van der Waals surface area (Å²) in [5, 5.41) is 6.70. The maximum absolute atomic E-state index is 5.18. The smallest absolute Gasteiger partial charge is 0.132 e. The van der Waals surface area contributed by atoms with Crippen molar-refractivity contribution in [2.24, 2.45) is 0 Å². The van der Waals surface area contributed by atoms with Crippen molar-refractivity contribution in [2.45, 2.75) is 19.9 Å². The molecule has 0 aliphatic carbocycles. The van der Waals surface area contributed by atoms with E-state index in [9.17, 15) is 0 Å². The zero-order valence-electron chi connectivity index (χ0n) is 15.1. The highest BCUT2D eigenvalue weighted by Gasteiger charge is 2.02. The van der Waals surface area contributed by atoms with Crippen molar-refractivity contribution in [1.29, 1.82) is 0 Å². The second-order valence-corrected chi connectivity index (χ2v) is 5.92. The second kappa shape index (κ2) is 8.80. The molecule has 0 saturated carbocycles. The number of rotatable bonds is 8. The van der Waals surface area contributed by atoms with Crippen LogP contribution in [0.4, 0.5) is 11.6 Å². The SMILES string of the molecule is COc1ccc(CCNc2cc(NCc3ccncc3)nc(C)n2)cc1. The molecular weight excluding hydrogens is 326 g/mol. The second-order valence-electron chi connectivity index (χ2n) is 5.92. The zero-order chi connectivity index (χ0) is 18.2. The van der Waals surface area contributed by atoms with Crippen LogP contribution in [-0.4, -0.2) is 28.6 Å². The number of methoxy groups -OCH3 is 1. The molecule has 0 atom stereocenters. The van der Waals surface area contributed by atoms with E-state index >= 15 is 0 Å². The normalized spacial score (nSPS) is 10.4. The van der Waals surface area contributed by atoms with Gasteiger partial charge in [-0.05, 0) is 48.7 Å². The number of aromatic nitrogens is 3. The van der Waals surface area contributed by atoms with Crippen LogP contribution in [0.1, 0.15) is 17.0 Å². The largest absolute Gasteiger partial charge is 0.497 e. The number of ether oxygens (including phenoxy) is 1. The molecule has 2 N–H and O–H groups in total. The van der Waals surface area contributed by atoms with Gasteiger partial charge < -0.3 is 15.4 Å². The average Bonchev–Trinajstić information content (AvgIpc) is 2.67. The number of benzene rings is 1. The van der Waals surface area contributed by atoms with Gasteiger partial charge in [0.05, 0.1) is 7.11 Å². The third kappa shape index (κ3) is 5.17. The Labute approximate surface area is 153 Å². The van der Waals surface area contributed by atoms with Gasteiger partial charge in [-0.25, -0.2) is 9.97 Å². The summed E-state index contributed by atoms with van der Waals surface area (Å²) in [6.45, 7) is 3.39. The summed E-state index contributed by atoms with van der Waals surface area (Å²) >= 11 is 0. The van der Waals surface area contributed by atoms with E-state index in [1.807, 2.05) is 37.3 Å². The van der Waals surface area contributed by atoms with Crippen LogP contribution < -0.4 is 15.4 Å². The fourth-order valence-corrected chi connectivity index (χ4v) is 2.57. The number of aryl methyl sites for hydroxylation is 1. The summed E-state index contributed by atoms with van der Waals surface area (Å²) in [4.78, 5) is 12.9. The van der Waals surface area contributed by atoms with E-state index in [0.717, 1.165) is 41.7 Å². The van der Waals surface area contributed by atoms with E-state index in [4.69, 9.17) is 4.74 Å². The lowest BCUT2D eigenvalue weighted by molar-refractivity contribution is 0.414. The standard InChI is InChI=1S/C20H23N5O/c1-15-24-19(22-12-9-16-3-5-18(26-2)6-4-16)13-20(25-15)23-14-17-7-10-21-11-8-17/h3-8,10-11,13H,9,12,14H2,1-2H3,(H2,22,23,24,25). The number of pyridine rings is 1. The summed E-state index contributed by atoms with van der Waals surface area (Å²) in [6.07, 6.45) is 4.48. The minimum absolute atomic E-state index is 0.699. The van der Waals surface area contributed by atoms with Crippen molar-refractivity contribution in [1.82, 2.24) is 15.0 Å². The molecular formula is C20H23N5O. The van der Waals surface area contributed by atoms with Gasteiger partial charge in [-0.2, -0.15) is 0 Å². The van der Waals surface area contributed by atoms with E-state index in [1.165, 1.54) is 5.56 Å². The molecule has 6 heteroatoms. The van der Waals surface area contributed by atoms with Crippen LogP contribution in [0.3, 0.4) is 0 Å². The van der Waals surface area contributed by atoms with Gasteiger partial charge in [0.25, 0.3) is 0 Å². The molecule has 1 aromatic carbocycles. The summed E-state index contributed by atoms with van der Waals surface area (Å²) < 4.78 is 5.18. The maximum Gasteiger partial charge on any atom is 0.132 e. The van der Waals surface area contributed by atoms with Crippen LogP contribution in [0.2, 0.25) is 0 Å².